The molecule has 1 fully saturated rings. The largest absolute Gasteiger partial charge is 0.478 e. The highest BCUT2D eigenvalue weighted by Crippen LogP contribution is 2.21. The molecule has 1 N–H and O–H groups in total. The molecule has 1 aromatic carbocycles. The molecule has 0 unspecified atom stereocenters. The van der Waals surface area contributed by atoms with Gasteiger partial charge in [-0.1, -0.05) is 31.5 Å². The van der Waals surface area contributed by atoms with Crippen molar-refractivity contribution in [2.24, 2.45) is 0 Å². The van der Waals surface area contributed by atoms with E-state index in [2.05, 4.69) is 16.9 Å². The number of β-amino-alcohol motifs (C(OH)–C–C–N with tert-alkyl or cyclic N) is 1. The lowest BCUT2D eigenvalue weighted by atomic mass is 10.2. The molecule has 2 heterocycles. The van der Waals surface area contributed by atoms with Gasteiger partial charge < -0.3 is 14.7 Å². The van der Waals surface area contributed by atoms with Crippen LogP contribution in [0.15, 0.2) is 36.4 Å². The third-order valence-corrected chi connectivity index (χ3v) is 4.72. The Labute approximate surface area is 160 Å². The van der Waals surface area contributed by atoms with E-state index in [0.717, 1.165) is 31.6 Å². The van der Waals surface area contributed by atoms with E-state index in [0.29, 0.717) is 37.8 Å². The van der Waals surface area contributed by atoms with E-state index in [1.807, 2.05) is 35.2 Å². The number of carbonyl (C=O) groups is 1. The van der Waals surface area contributed by atoms with Crippen LogP contribution in [0.1, 0.15) is 30.3 Å². The van der Waals surface area contributed by atoms with Crippen LogP contribution in [-0.2, 0) is 0 Å². The number of unbranched alkanes of at least 4 members (excludes halogenated alkanes) is 1. The molecule has 27 heavy (non-hydrogen) atoms. The van der Waals surface area contributed by atoms with Crippen molar-refractivity contribution in [3.63, 3.8) is 0 Å². The standard InChI is InChI=1S/C20H28N4O3/c1-2-3-15-27-19-16-18(21-24(19)17-7-5-4-6-8-17)20(26)23-11-9-22(10-12-23)13-14-25/h4-8,16,25H,2-3,9-15H2,1H3. The number of aliphatic hydroxyl groups excluding tert-OH is 1. The van der Waals surface area contributed by atoms with Gasteiger partial charge in [0.2, 0.25) is 5.88 Å². The number of hydrogen-bond donors (Lipinski definition) is 1. The number of amides is 1. The molecule has 0 aliphatic carbocycles. The summed E-state index contributed by atoms with van der Waals surface area (Å²) in [7, 11) is 0. The molecular formula is C20H28N4O3. The highest BCUT2D eigenvalue weighted by atomic mass is 16.5. The lowest BCUT2D eigenvalue weighted by Crippen LogP contribution is -2.49. The Hall–Kier alpha value is -2.38. The molecule has 7 heteroatoms. The van der Waals surface area contributed by atoms with E-state index in [1.165, 1.54) is 0 Å². The molecule has 1 aliphatic rings. The third-order valence-electron chi connectivity index (χ3n) is 4.72. The Bertz CT molecular complexity index is 724. The van der Waals surface area contributed by atoms with Crippen molar-refractivity contribution in [1.82, 2.24) is 19.6 Å². The molecule has 0 radical (unpaired) electrons. The van der Waals surface area contributed by atoms with Gasteiger partial charge in [0.25, 0.3) is 5.91 Å². The summed E-state index contributed by atoms with van der Waals surface area (Å²) in [5, 5.41) is 13.6. The van der Waals surface area contributed by atoms with Crippen LogP contribution in [0.3, 0.4) is 0 Å². The zero-order valence-electron chi connectivity index (χ0n) is 15.9. The third kappa shape index (κ3) is 4.87. The van der Waals surface area contributed by atoms with Crippen molar-refractivity contribution < 1.29 is 14.6 Å². The molecule has 1 saturated heterocycles. The molecule has 2 aromatic rings. The summed E-state index contributed by atoms with van der Waals surface area (Å²) in [5.41, 5.74) is 1.27. The van der Waals surface area contributed by atoms with Gasteiger partial charge in [0.15, 0.2) is 5.69 Å². The Morgan fingerprint density at radius 3 is 2.59 bits per heavy atom. The van der Waals surface area contributed by atoms with Crippen LogP contribution in [0, 0.1) is 0 Å². The molecule has 0 bridgehead atoms. The number of aliphatic hydroxyl groups is 1. The predicted molar refractivity (Wildman–Crippen MR) is 103 cm³/mol. The van der Waals surface area contributed by atoms with Crippen LogP contribution in [-0.4, -0.2) is 76.5 Å². The van der Waals surface area contributed by atoms with E-state index < -0.39 is 0 Å². The number of nitrogens with zero attached hydrogens (tertiary/aromatic N) is 4. The number of benzene rings is 1. The Morgan fingerprint density at radius 1 is 1.19 bits per heavy atom. The summed E-state index contributed by atoms with van der Waals surface area (Å²) in [6, 6.07) is 11.5. The predicted octanol–water partition coefficient (Wildman–Crippen LogP) is 1.80. The summed E-state index contributed by atoms with van der Waals surface area (Å²) >= 11 is 0. The van der Waals surface area contributed by atoms with Crippen molar-refractivity contribution in [1.29, 1.82) is 0 Å². The summed E-state index contributed by atoms with van der Waals surface area (Å²) in [6.45, 7) is 6.34. The number of ether oxygens (including phenoxy) is 1. The smallest absolute Gasteiger partial charge is 0.274 e. The highest BCUT2D eigenvalue weighted by Gasteiger charge is 2.25. The fraction of sp³-hybridized carbons (Fsp3) is 0.500. The first-order valence-corrected chi connectivity index (χ1v) is 9.63. The van der Waals surface area contributed by atoms with Crippen LogP contribution in [0.25, 0.3) is 5.69 Å². The van der Waals surface area contributed by atoms with Gasteiger partial charge in [-0.2, -0.15) is 5.10 Å². The molecule has 0 atom stereocenters. The number of carbonyl (C=O) groups excluding carboxylic acids is 1. The van der Waals surface area contributed by atoms with Crippen molar-refractivity contribution in [2.45, 2.75) is 19.8 Å². The topological polar surface area (TPSA) is 70.8 Å². The average molecular weight is 372 g/mol. The number of hydrogen-bond acceptors (Lipinski definition) is 5. The molecule has 0 spiro atoms. The van der Waals surface area contributed by atoms with Gasteiger partial charge in [-0.05, 0) is 18.6 Å². The van der Waals surface area contributed by atoms with E-state index >= 15 is 0 Å². The maximum Gasteiger partial charge on any atom is 0.274 e. The molecular weight excluding hydrogens is 344 g/mol. The molecule has 1 aromatic heterocycles. The monoisotopic (exact) mass is 372 g/mol. The molecule has 1 amide bonds. The minimum atomic E-state index is -0.0753. The van der Waals surface area contributed by atoms with Crippen LogP contribution >= 0.6 is 0 Å². The lowest BCUT2D eigenvalue weighted by molar-refractivity contribution is 0.0609. The molecule has 0 saturated carbocycles. The zero-order chi connectivity index (χ0) is 19.1. The van der Waals surface area contributed by atoms with Crippen molar-refractivity contribution in [2.75, 3.05) is 45.9 Å². The van der Waals surface area contributed by atoms with Crippen molar-refractivity contribution in [3.8, 4) is 11.6 Å². The van der Waals surface area contributed by atoms with Gasteiger partial charge in [0.1, 0.15) is 0 Å². The second-order valence-corrected chi connectivity index (χ2v) is 6.67. The van der Waals surface area contributed by atoms with E-state index in [1.54, 1.807) is 10.7 Å². The fourth-order valence-electron chi connectivity index (χ4n) is 3.12. The van der Waals surface area contributed by atoms with Gasteiger partial charge >= 0.3 is 0 Å². The first kappa shape index (κ1) is 19.4. The normalized spacial score (nSPS) is 15.1. The molecule has 146 valence electrons. The summed E-state index contributed by atoms with van der Waals surface area (Å²) in [4.78, 5) is 16.9. The Morgan fingerprint density at radius 2 is 1.93 bits per heavy atom. The first-order valence-electron chi connectivity index (χ1n) is 9.63. The van der Waals surface area contributed by atoms with Gasteiger partial charge in [-0.3, -0.25) is 9.69 Å². The van der Waals surface area contributed by atoms with Gasteiger partial charge in [-0.15, -0.1) is 0 Å². The van der Waals surface area contributed by atoms with Crippen LogP contribution in [0.5, 0.6) is 5.88 Å². The number of aromatic nitrogens is 2. The minimum Gasteiger partial charge on any atom is -0.478 e. The minimum absolute atomic E-state index is 0.0753. The van der Waals surface area contributed by atoms with E-state index in [4.69, 9.17) is 9.84 Å². The van der Waals surface area contributed by atoms with Crippen LogP contribution in [0.2, 0.25) is 0 Å². The number of piperazine rings is 1. The maximum absolute atomic E-state index is 12.9. The zero-order valence-corrected chi connectivity index (χ0v) is 15.9. The highest BCUT2D eigenvalue weighted by molar-refractivity contribution is 5.92. The lowest BCUT2D eigenvalue weighted by Gasteiger charge is -2.33. The van der Waals surface area contributed by atoms with Gasteiger partial charge in [-0.25, -0.2) is 4.68 Å². The van der Waals surface area contributed by atoms with Crippen LogP contribution in [0.4, 0.5) is 0 Å². The van der Waals surface area contributed by atoms with Crippen LogP contribution < -0.4 is 4.74 Å². The van der Waals surface area contributed by atoms with E-state index in [9.17, 15) is 4.79 Å². The maximum atomic E-state index is 12.9. The number of para-hydroxylation sites is 1. The fourth-order valence-corrected chi connectivity index (χ4v) is 3.12. The van der Waals surface area contributed by atoms with Crippen molar-refractivity contribution in [3.05, 3.63) is 42.1 Å². The Balaban J connectivity index is 1.76. The second kappa shape index (κ2) is 9.53. The second-order valence-electron chi connectivity index (χ2n) is 6.67. The summed E-state index contributed by atoms with van der Waals surface area (Å²) in [6.07, 6.45) is 2.00. The molecule has 7 nitrogen and oxygen atoms in total. The average Bonchev–Trinajstić information content (AvgIpc) is 3.13. The number of rotatable bonds is 8. The van der Waals surface area contributed by atoms with E-state index in [-0.39, 0.29) is 12.5 Å². The van der Waals surface area contributed by atoms with Crippen molar-refractivity contribution >= 4 is 5.91 Å². The SMILES string of the molecule is CCCCOc1cc(C(=O)N2CCN(CCO)CC2)nn1-c1ccccc1. The summed E-state index contributed by atoms with van der Waals surface area (Å²) in [5.74, 6) is 0.519. The molecule has 1 aliphatic heterocycles. The first-order chi connectivity index (χ1) is 13.2. The molecule has 3 rings (SSSR count). The van der Waals surface area contributed by atoms with Gasteiger partial charge in [0, 0.05) is 38.8 Å². The van der Waals surface area contributed by atoms with Gasteiger partial charge in [0.05, 0.1) is 18.9 Å². The summed E-state index contributed by atoms with van der Waals surface area (Å²) < 4.78 is 7.59. The quantitative estimate of drug-likeness (QED) is 0.716. The Kier molecular flexibility index (Phi) is 6.84.